The molecule has 0 amide bonds. The zero-order valence-electron chi connectivity index (χ0n) is 34.0. The van der Waals surface area contributed by atoms with E-state index in [1.165, 1.54) is 89.2 Å². The number of benzene rings is 5. The van der Waals surface area contributed by atoms with Gasteiger partial charge >= 0.3 is 0 Å². The van der Waals surface area contributed by atoms with Crippen molar-refractivity contribution >= 4 is 16.7 Å². The van der Waals surface area contributed by atoms with Gasteiger partial charge in [-0.15, -0.1) is 0 Å². The van der Waals surface area contributed by atoms with Crippen molar-refractivity contribution in [2.24, 2.45) is 0 Å². The number of hydrogen-bond donors (Lipinski definition) is 0. The molecule has 0 bridgehead atoms. The molecule has 2 unspecified atom stereocenters. The van der Waals surface area contributed by atoms with E-state index >= 15 is 0 Å². The monoisotopic (exact) mass is 736 g/mol. The maximum Gasteiger partial charge on any atom is 0.213 e. The molecule has 1 heteroatoms. The summed E-state index contributed by atoms with van der Waals surface area (Å²) in [5, 5.41) is 0. The van der Waals surface area contributed by atoms with Gasteiger partial charge in [0, 0.05) is 24.0 Å². The SMILES string of the molecule is C/C=C(\C=C(/C)c1ccc2[n+](c1)C1(C)C=CC1(C)c1cc3c(cc1-2)C(C)(C)C1=C3CCC=C1)c1cccc(-c2cccc(-c3cccc(-c4ccccc4)c3)c2)c1. The summed E-state index contributed by atoms with van der Waals surface area (Å²) in [7, 11) is 0. The molecule has 1 nitrogen and oxygen atoms in total. The Bertz CT molecular complexity index is 2800. The molecule has 0 saturated carbocycles. The minimum atomic E-state index is -0.146. The second-order valence-electron chi connectivity index (χ2n) is 17.4. The van der Waals surface area contributed by atoms with E-state index in [1.54, 1.807) is 5.57 Å². The lowest BCUT2D eigenvalue weighted by Gasteiger charge is -2.49. The summed E-state index contributed by atoms with van der Waals surface area (Å²) in [4.78, 5) is 0. The Morgan fingerprint density at radius 3 is 1.91 bits per heavy atom. The van der Waals surface area contributed by atoms with Gasteiger partial charge in [-0.25, -0.2) is 0 Å². The number of fused-ring (bicyclic) bond motifs is 8. The topological polar surface area (TPSA) is 3.88 Å². The van der Waals surface area contributed by atoms with Crippen LogP contribution in [0.15, 0.2) is 176 Å². The van der Waals surface area contributed by atoms with E-state index in [0.29, 0.717) is 0 Å². The molecule has 278 valence electrons. The van der Waals surface area contributed by atoms with Crippen molar-refractivity contribution in [2.75, 3.05) is 0 Å². The Labute approximate surface area is 338 Å². The van der Waals surface area contributed by atoms with Gasteiger partial charge in [-0.1, -0.05) is 129 Å². The molecule has 3 aliphatic carbocycles. The molecule has 0 spiro atoms. The normalized spacial score (nSPS) is 21.3. The highest BCUT2D eigenvalue weighted by atomic mass is 15.1. The summed E-state index contributed by atoms with van der Waals surface area (Å²) in [5.41, 5.74) is 22.2. The van der Waals surface area contributed by atoms with E-state index in [2.05, 4.69) is 216 Å². The van der Waals surface area contributed by atoms with E-state index in [4.69, 9.17) is 0 Å². The molecule has 0 radical (unpaired) electrons. The summed E-state index contributed by atoms with van der Waals surface area (Å²) in [6, 6.07) is 47.2. The molecular weight excluding hydrogens is 687 g/mol. The fourth-order valence-corrected chi connectivity index (χ4v) is 10.2. The fraction of sp³-hybridized carbons (Fsp3) is 0.196. The zero-order chi connectivity index (χ0) is 39.1. The number of pyridine rings is 1. The summed E-state index contributed by atoms with van der Waals surface area (Å²) in [5.74, 6) is 0. The number of rotatable bonds is 6. The van der Waals surface area contributed by atoms with Gasteiger partial charge in [0.2, 0.25) is 5.69 Å². The fourth-order valence-electron chi connectivity index (χ4n) is 10.2. The first-order valence-electron chi connectivity index (χ1n) is 20.7. The maximum atomic E-state index is 2.57. The first-order valence-corrected chi connectivity index (χ1v) is 20.7. The number of aromatic nitrogens is 1. The van der Waals surface area contributed by atoms with Crippen LogP contribution in [0, 0.1) is 0 Å². The van der Waals surface area contributed by atoms with Crippen LogP contribution in [0.1, 0.15) is 82.2 Å². The second-order valence-corrected chi connectivity index (χ2v) is 17.4. The van der Waals surface area contributed by atoms with Crippen molar-refractivity contribution in [1.29, 1.82) is 0 Å². The number of nitrogens with zero attached hydrogens (tertiary/aromatic N) is 1. The van der Waals surface area contributed by atoms with Gasteiger partial charge in [0.25, 0.3) is 0 Å². The molecule has 2 atom stereocenters. The van der Waals surface area contributed by atoms with Crippen LogP contribution in [-0.4, -0.2) is 0 Å². The maximum absolute atomic E-state index is 2.57. The smallest absolute Gasteiger partial charge is 0.188 e. The summed E-state index contributed by atoms with van der Waals surface area (Å²) >= 11 is 0. The average molecular weight is 737 g/mol. The lowest BCUT2D eigenvalue weighted by atomic mass is 9.56. The third kappa shape index (κ3) is 5.39. The predicted octanol–water partition coefficient (Wildman–Crippen LogP) is 14.1. The highest BCUT2D eigenvalue weighted by molar-refractivity contribution is 5.88. The molecule has 5 aromatic carbocycles. The molecule has 0 saturated heterocycles. The number of hydrogen-bond acceptors (Lipinski definition) is 0. The molecule has 1 aromatic heterocycles. The van der Waals surface area contributed by atoms with Crippen molar-refractivity contribution in [3.05, 3.63) is 203 Å². The molecule has 2 heterocycles. The van der Waals surface area contributed by atoms with Crippen molar-refractivity contribution < 1.29 is 4.57 Å². The molecule has 0 N–H and O–H groups in total. The van der Waals surface area contributed by atoms with Gasteiger partial charge in [0.05, 0.1) is 11.0 Å². The van der Waals surface area contributed by atoms with Crippen LogP contribution < -0.4 is 4.57 Å². The van der Waals surface area contributed by atoms with Gasteiger partial charge in [0.1, 0.15) is 0 Å². The van der Waals surface area contributed by atoms with E-state index in [0.717, 1.165) is 12.8 Å². The van der Waals surface area contributed by atoms with E-state index in [-0.39, 0.29) is 16.4 Å². The van der Waals surface area contributed by atoms with Crippen LogP contribution >= 0.6 is 0 Å². The van der Waals surface area contributed by atoms with Crippen LogP contribution in [0.2, 0.25) is 0 Å². The molecule has 10 rings (SSSR count). The summed E-state index contributed by atoms with van der Waals surface area (Å²) in [6.07, 6.45) is 18.9. The Morgan fingerprint density at radius 2 is 1.25 bits per heavy atom. The Morgan fingerprint density at radius 1 is 0.614 bits per heavy atom. The van der Waals surface area contributed by atoms with E-state index in [9.17, 15) is 0 Å². The standard InChI is InChI=1S/C56H50N/c1-7-38(40-18-13-20-42(31-40)44-22-15-23-45(33-44)43-21-14-19-41(32-43)39-16-9-8-10-17-39)30-37(2)46-26-27-53-49-35-51-48(47-24-11-12-25-50(47)54(51,3)4)34-52(49)55(5)28-29-56(55,6)57(53)36-46/h7-10,12-23,25-36H,11,24H2,1-6H3/q+1/b37-30+,38-7+. The number of allylic oxidation sites excluding steroid dienone is 10. The molecule has 57 heavy (non-hydrogen) atoms. The van der Waals surface area contributed by atoms with Gasteiger partial charge in [-0.2, -0.15) is 4.57 Å². The first-order chi connectivity index (χ1) is 27.6. The van der Waals surface area contributed by atoms with Gasteiger partial charge in [0.15, 0.2) is 11.7 Å². The van der Waals surface area contributed by atoms with Crippen LogP contribution in [0.25, 0.3) is 61.4 Å². The molecule has 0 fully saturated rings. The molecule has 6 aromatic rings. The van der Waals surface area contributed by atoms with Crippen molar-refractivity contribution in [3.8, 4) is 44.6 Å². The van der Waals surface area contributed by atoms with Gasteiger partial charge in [-0.05, 0) is 154 Å². The Kier molecular flexibility index (Phi) is 8.07. The molecule has 4 aliphatic rings. The largest absolute Gasteiger partial charge is 0.213 e. The predicted molar refractivity (Wildman–Crippen MR) is 241 cm³/mol. The third-order valence-electron chi connectivity index (χ3n) is 13.9. The van der Waals surface area contributed by atoms with E-state index < -0.39 is 0 Å². The lowest BCUT2D eigenvalue weighted by molar-refractivity contribution is -0.754. The third-order valence-corrected chi connectivity index (χ3v) is 13.9. The zero-order valence-corrected chi connectivity index (χ0v) is 34.0. The van der Waals surface area contributed by atoms with Crippen LogP contribution in [0.5, 0.6) is 0 Å². The summed E-state index contributed by atoms with van der Waals surface area (Å²) in [6.45, 7) is 14.1. The van der Waals surface area contributed by atoms with Crippen LogP contribution in [0.4, 0.5) is 0 Å². The van der Waals surface area contributed by atoms with Gasteiger partial charge < -0.3 is 0 Å². The van der Waals surface area contributed by atoms with E-state index in [1.807, 2.05) is 0 Å². The van der Waals surface area contributed by atoms with Crippen LogP contribution in [-0.2, 0) is 16.4 Å². The van der Waals surface area contributed by atoms with Gasteiger partial charge in [-0.3, -0.25) is 0 Å². The summed E-state index contributed by atoms with van der Waals surface area (Å²) < 4.78 is 2.57. The minimum absolute atomic E-state index is 0.00923. The first kappa shape index (κ1) is 35.4. The van der Waals surface area contributed by atoms with Crippen molar-refractivity contribution in [1.82, 2.24) is 0 Å². The highest BCUT2D eigenvalue weighted by Crippen LogP contribution is 2.57. The quantitative estimate of drug-likeness (QED) is 0.0911. The average Bonchev–Trinajstić information content (AvgIpc) is 3.48. The second kappa shape index (κ2) is 13.0. The lowest BCUT2D eigenvalue weighted by Crippen LogP contribution is -2.70. The van der Waals surface area contributed by atoms with Crippen molar-refractivity contribution in [2.45, 2.75) is 70.8 Å². The van der Waals surface area contributed by atoms with Crippen LogP contribution in [0.3, 0.4) is 0 Å². The Balaban J connectivity index is 0.976. The Hall–Kier alpha value is -6.05. The van der Waals surface area contributed by atoms with Crippen molar-refractivity contribution in [3.63, 3.8) is 0 Å². The molecule has 1 aliphatic heterocycles. The molecular formula is C56H50N+. The minimum Gasteiger partial charge on any atom is -0.188 e. The highest BCUT2D eigenvalue weighted by Gasteiger charge is 2.61.